The molecule has 2 saturated heterocycles. The number of imidazole rings is 1. The van der Waals surface area contributed by atoms with Crippen LogP contribution in [0, 0.1) is 5.92 Å². The molecule has 6 nitrogen and oxygen atoms in total. The molecule has 7 heteroatoms. The van der Waals surface area contributed by atoms with E-state index in [2.05, 4.69) is 27.4 Å². The first kappa shape index (κ1) is 17.3. The molecule has 2 aromatic rings. The van der Waals surface area contributed by atoms with Crippen LogP contribution in [0.5, 0.6) is 0 Å². The summed E-state index contributed by atoms with van der Waals surface area (Å²) in [5, 5.41) is 2.08. The van der Waals surface area contributed by atoms with E-state index in [0.29, 0.717) is 24.6 Å². The number of fused-ring (bicyclic) bond motifs is 1. The molecule has 0 N–H and O–H groups in total. The summed E-state index contributed by atoms with van der Waals surface area (Å²) in [4.78, 5) is 34.7. The Labute approximate surface area is 157 Å². The zero-order valence-corrected chi connectivity index (χ0v) is 15.8. The monoisotopic (exact) mass is 372 g/mol. The van der Waals surface area contributed by atoms with Gasteiger partial charge in [0.15, 0.2) is 0 Å². The van der Waals surface area contributed by atoms with E-state index in [4.69, 9.17) is 0 Å². The summed E-state index contributed by atoms with van der Waals surface area (Å²) in [6.45, 7) is 2.22. The van der Waals surface area contributed by atoms with Gasteiger partial charge in [0.2, 0.25) is 5.91 Å². The molecule has 138 valence electrons. The van der Waals surface area contributed by atoms with Crippen LogP contribution in [0.2, 0.25) is 0 Å². The Morgan fingerprint density at radius 3 is 3.00 bits per heavy atom. The third kappa shape index (κ3) is 3.28. The van der Waals surface area contributed by atoms with Gasteiger partial charge in [-0.25, -0.2) is 4.98 Å². The van der Waals surface area contributed by atoms with Gasteiger partial charge in [0.25, 0.3) is 5.91 Å². The van der Waals surface area contributed by atoms with Crippen molar-refractivity contribution in [3.8, 4) is 0 Å². The van der Waals surface area contributed by atoms with Gasteiger partial charge in [-0.1, -0.05) is 6.07 Å². The number of piperidine rings is 2. The average Bonchev–Trinajstić information content (AvgIpc) is 3.31. The standard InChI is InChI=1S/C19H24N4O2S/c1-21-13-20-11-17(21)19(25)22-8-7-16-14(12-22)4-5-18(24)23(16)9-6-15-3-2-10-26-15/h2-3,10-11,13-14,16H,4-9,12H2,1H3/t14-,16+/m0/s1. The number of nitrogens with zero attached hydrogens (tertiary/aromatic N) is 4. The lowest BCUT2D eigenvalue weighted by atomic mass is 9.83. The average molecular weight is 372 g/mol. The van der Waals surface area contributed by atoms with Crippen LogP contribution in [0.3, 0.4) is 0 Å². The van der Waals surface area contributed by atoms with Crippen LogP contribution in [0.1, 0.15) is 34.6 Å². The normalized spacial score (nSPS) is 23.2. The number of thiophene rings is 1. The summed E-state index contributed by atoms with van der Waals surface area (Å²) in [5.41, 5.74) is 0.630. The van der Waals surface area contributed by atoms with Crippen LogP contribution in [0.15, 0.2) is 30.0 Å². The number of rotatable bonds is 4. The SMILES string of the molecule is Cn1cncc1C(=O)N1CC[C@@H]2[C@@H](CCC(=O)N2CCc2cccs2)C1. The van der Waals surface area contributed by atoms with E-state index in [1.165, 1.54) is 4.88 Å². The molecule has 0 unspecified atom stereocenters. The minimum atomic E-state index is 0.0467. The van der Waals surface area contributed by atoms with Gasteiger partial charge >= 0.3 is 0 Å². The third-order valence-electron chi connectivity index (χ3n) is 5.65. The molecule has 2 aromatic heterocycles. The molecule has 4 rings (SSSR count). The molecule has 2 atom stereocenters. The molecule has 26 heavy (non-hydrogen) atoms. The van der Waals surface area contributed by atoms with E-state index in [0.717, 1.165) is 32.4 Å². The Morgan fingerprint density at radius 1 is 1.38 bits per heavy atom. The minimum Gasteiger partial charge on any atom is -0.339 e. The fourth-order valence-corrected chi connectivity index (χ4v) is 4.94. The van der Waals surface area contributed by atoms with Crippen molar-refractivity contribution in [1.82, 2.24) is 19.4 Å². The Morgan fingerprint density at radius 2 is 2.27 bits per heavy atom. The highest BCUT2D eigenvalue weighted by Crippen LogP contribution is 2.32. The van der Waals surface area contributed by atoms with Crippen molar-refractivity contribution in [3.05, 3.63) is 40.6 Å². The van der Waals surface area contributed by atoms with E-state index in [1.807, 2.05) is 11.9 Å². The molecular formula is C19H24N4O2S. The summed E-state index contributed by atoms with van der Waals surface area (Å²) < 4.78 is 1.77. The van der Waals surface area contributed by atoms with E-state index >= 15 is 0 Å². The van der Waals surface area contributed by atoms with Gasteiger partial charge in [0, 0.05) is 44.0 Å². The Hall–Kier alpha value is -2.15. The quantitative estimate of drug-likeness (QED) is 0.827. The lowest BCUT2D eigenvalue weighted by Crippen LogP contribution is -2.57. The van der Waals surface area contributed by atoms with Crippen LogP contribution < -0.4 is 0 Å². The van der Waals surface area contributed by atoms with Crippen molar-refractivity contribution in [3.63, 3.8) is 0 Å². The number of aromatic nitrogens is 2. The molecule has 0 saturated carbocycles. The highest BCUT2D eigenvalue weighted by molar-refractivity contribution is 7.09. The summed E-state index contributed by atoms with van der Waals surface area (Å²) >= 11 is 1.75. The predicted molar refractivity (Wildman–Crippen MR) is 100.0 cm³/mol. The number of hydrogen-bond donors (Lipinski definition) is 0. The molecule has 4 heterocycles. The lowest BCUT2D eigenvalue weighted by Gasteiger charge is -2.47. The molecule has 2 fully saturated rings. The van der Waals surface area contributed by atoms with Crippen LogP contribution in [0.25, 0.3) is 0 Å². The number of amides is 2. The Balaban J connectivity index is 1.42. The van der Waals surface area contributed by atoms with E-state index in [9.17, 15) is 9.59 Å². The van der Waals surface area contributed by atoms with Gasteiger partial charge in [0.05, 0.1) is 12.5 Å². The van der Waals surface area contributed by atoms with Gasteiger partial charge in [-0.2, -0.15) is 0 Å². The maximum Gasteiger partial charge on any atom is 0.272 e. The fraction of sp³-hybridized carbons (Fsp3) is 0.526. The van der Waals surface area contributed by atoms with E-state index < -0.39 is 0 Å². The van der Waals surface area contributed by atoms with Crippen molar-refractivity contribution in [2.24, 2.45) is 13.0 Å². The van der Waals surface area contributed by atoms with Gasteiger partial charge in [-0.3, -0.25) is 9.59 Å². The van der Waals surface area contributed by atoms with Crippen LogP contribution >= 0.6 is 11.3 Å². The highest BCUT2D eigenvalue weighted by atomic mass is 32.1. The summed E-state index contributed by atoms with van der Waals surface area (Å²) in [6, 6.07) is 4.46. The number of hydrogen-bond acceptors (Lipinski definition) is 4. The van der Waals surface area contributed by atoms with Crippen LogP contribution in [-0.2, 0) is 18.3 Å². The Kier molecular flexibility index (Phi) is 4.80. The summed E-state index contributed by atoms with van der Waals surface area (Å²) in [7, 11) is 1.85. The first-order valence-corrected chi connectivity index (χ1v) is 10.1. The highest BCUT2D eigenvalue weighted by Gasteiger charge is 2.40. The first-order chi connectivity index (χ1) is 12.6. The first-order valence-electron chi connectivity index (χ1n) is 9.21. The maximum absolute atomic E-state index is 12.8. The second kappa shape index (κ2) is 7.23. The number of carbonyl (C=O) groups excluding carboxylic acids is 2. The second-order valence-corrected chi connectivity index (χ2v) is 8.24. The van der Waals surface area contributed by atoms with Crippen molar-refractivity contribution in [2.75, 3.05) is 19.6 Å². The number of carbonyl (C=O) groups is 2. The molecule has 0 aliphatic carbocycles. The van der Waals surface area contributed by atoms with Crippen molar-refractivity contribution < 1.29 is 9.59 Å². The number of aryl methyl sites for hydroxylation is 1. The topological polar surface area (TPSA) is 58.4 Å². The van der Waals surface area contributed by atoms with Crippen molar-refractivity contribution in [2.45, 2.75) is 31.7 Å². The summed E-state index contributed by atoms with van der Waals surface area (Å²) in [6.07, 6.45) is 6.56. The van der Waals surface area contributed by atoms with Crippen LogP contribution in [0.4, 0.5) is 0 Å². The molecule has 0 bridgehead atoms. The predicted octanol–water partition coefficient (Wildman–Crippen LogP) is 2.18. The molecule has 0 radical (unpaired) electrons. The smallest absolute Gasteiger partial charge is 0.272 e. The second-order valence-electron chi connectivity index (χ2n) is 7.21. The van der Waals surface area contributed by atoms with Gasteiger partial charge in [0.1, 0.15) is 5.69 Å². The molecule has 0 spiro atoms. The maximum atomic E-state index is 12.8. The van der Waals surface area contributed by atoms with Gasteiger partial charge < -0.3 is 14.4 Å². The lowest BCUT2D eigenvalue weighted by molar-refractivity contribution is -0.140. The third-order valence-corrected chi connectivity index (χ3v) is 6.58. The van der Waals surface area contributed by atoms with Crippen LogP contribution in [-0.4, -0.2) is 56.8 Å². The Bertz CT molecular complexity index is 785. The minimum absolute atomic E-state index is 0.0467. The summed E-state index contributed by atoms with van der Waals surface area (Å²) in [5.74, 6) is 0.696. The van der Waals surface area contributed by atoms with Gasteiger partial charge in [-0.05, 0) is 36.6 Å². The van der Waals surface area contributed by atoms with Crippen molar-refractivity contribution >= 4 is 23.2 Å². The molecule has 0 aromatic carbocycles. The molecule has 2 amide bonds. The van der Waals surface area contributed by atoms with Gasteiger partial charge in [-0.15, -0.1) is 11.3 Å². The van der Waals surface area contributed by atoms with E-state index in [1.54, 1.807) is 28.4 Å². The zero-order chi connectivity index (χ0) is 18.1. The molecular weight excluding hydrogens is 348 g/mol. The fourth-order valence-electron chi connectivity index (χ4n) is 4.24. The van der Waals surface area contributed by atoms with E-state index in [-0.39, 0.29) is 17.9 Å². The van der Waals surface area contributed by atoms with Crippen molar-refractivity contribution in [1.29, 1.82) is 0 Å². The molecule has 2 aliphatic rings. The largest absolute Gasteiger partial charge is 0.339 e. The number of likely N-dealkylation sites (tertiary alicyclic amines) is 2. The zero-order valence-electron chi connectivity index (χ0n) is 15.0. The molecule has 2 aliphatic heterocycles.